The molecule has 0 saturated heterocycles. The van der Waals surface area contributed by atoms with E-state index < -0.39 is 6.10 Å². The van der Waals surface area contributed by atoms with Crippen LogP contribution >= 0.6 is 0 Å². The van der Waals surface area contributed by atoms with E-state index in [1.165, 1.54) is 0 Å². The van der Waals surface area contributed by atoms with Crippen molar-refractivity contribution in [3.8, 4) is 0 Å². The summed E-state index contributed by atoms with van der Waals surface area (Å²) in [5.74, 6) is 0. The van der Waals surface area contributed by atoms with E-state index in [-0.39, 0.29) is 12.6 Å². The highest BCUT2D eigenvalue weighted by Gasteiger charge is 2.11. The normalized spacial score (nSPS) is 14.8. The van der Waals surface area contributed by atoms with E-state index in [4.69, 9.17) is 15.2 Å². The first kappa shape index (κ1) is 13.1. The van der Waals surface area contributed by atoms with Gasteiger partial charge >= 0.3 is 0 Å². The lowest BCUT2D eigenvalue weighted by atomic mass is 10.0. The zero-order valence-electron chi connectivity index (χ0n) is 9.72. The van der Waals surface area contributed by atoms with Gasteiger partial charge in [-0.15, -0.1) is 0 Å². The number of methoxy groups -OCH3 is 2. The molecule has 0 spiro atoms. The molecule has 3 N–H and O–H groups in total. The van der Waals surface area contributed by atoms with E-state index in [0.29, 0.717) is 6.61 Å². The molecule has 0 aliphatic carbocycles. The lowest BCUT2D eigenvalue weighted by molar-refractivity contribution is 0.0274. The summed E-state index contributed by atoms with van der Waals surface area (Å²) in [6, 6.07) is 7.55. The van der Waals surface area contributed by atoms with Gasteiger partial charge < -0.3 is 20.3 Å². The van der Waals surface area contributed by atoms with E-state index in [1.54, 1.807) is 14.2 Å². The van der Waals surface area contributed by atoms with Crippen LogP contribution < -0.4 is 5.73 Å². The molecule has 90 valence electrons. The maximum Gasteiger partial charge on any atom is 0.105 e. The second kappa shape index (κ2) is 6.60. The Morgan fingerprint density at radius 1 is 1.19 bits per heavy atom. The van der Waals surface area contributed by atoms with Crippen LogP contribution in [0.4, 0.5) is 0 Å². The molecule has 0 radical (unpaired) electrons. The SMILES string of the molecule is COCC(OC)c1ccc(C(O)CN)cc1. The largest absolute Gasteiger partial charge is 0.387 e. The number of benzene rings is 1. The number of rotatable bonds is 6. The van der Waals surface area contributed by atoms with Gasteiger partial charge in [0.1, 0.15) is 6.10 Å². The van der Waals surface area contributed by atoms with Crippen molar-refractivity contribution in [2.45, 2.75) is 12.2 Å². The molecule has 0 aliphatic heterocycles. The molecule has 4 heteroatoms. The minimum Gasteiger partial charge on any atom is -0.387 e. The Balaban J connectivity index is 2.76. The van der Waals surface area contributed by atoms with E-state index in [2.05, 4.69) is 0 Å². The van der Waals surface area contributed by atoms with Gasteiger partial charge in [-0.2, -0.15) is 0 Å². The van der Waals surface area contributed by atoms with Gasteiger partial charge in [0, 0.05) is 20.8 Å². The van der Waals surface area contributed by atoms with Crippen molar-refractivity contribution < 1.29 is 14.6 Å². The topological polar surface area (TPSA) is 64.7 Å². The number of nitrogens with two attached hydrogens (primary N) is 1. The minimum atomic E-state index is -0.600. The number of hydrogen-bond donors (Lipinski definition) is 2. The fourth-order valence-corrected chi connectivity index (χ4v) is 1.52. The summed E-state index contributed by atoms with van der Waals surface area (Å²) < 4.78 is 10.3. The summed E-state index contributed by atoms with van der Waals surface area (Å²) >= 11 is 0. The fraction of sp³-hybridized carbons (Fsp3) is 0.500. The maximum absolute atomic E-state index is 9.54. The Labute approximate surface area is 96.0 Å². The van der Waals surface area contributed by atoms with Crippen molar-refractivity contribution >= 4 is 0 Å². The van der Waals surface area contributed by atoms with Crippen LogP contribution in [0.15, 0.2) is 24.3 Å². The second-order valence-electron chi connectivity index (χ2n) is 3.60. The molecule has 2 atom stereocenters. The minimum absolute atomic E-state index is 0.0749. The third kappa shape index (κ3) is 3.28. The number of ether oxygens (including phenoxy) is 2. The van der Waals surface area contributed by atoms with Gasteiger partial charge in [-0.3, -0.25) is 0 Å². The molecular formula is C12H19NO3. The van der Waals surface area contributed by atoms with Gasteiger partial charge in [0.2, 0.25) is 0 Å². The third-order valence-corrected chi connectivity index (χ3v) is 2.52. The van der Waals surface area contributed by atoms with Crippen molar-refractivity contribution in [1.29, 1.82) is 0 Å². The maximum atomic E-state index is 9.54. The highest BCUT2D eigenvalue weighted by atomic mass is 16.5. The van der Waals surface area contributed by atoms with Crippen LogP contribution in [0, 0.1) is 0 Å². The molecule has 2 unspecified atom stereocenters. The quantitative estimate of drug-likeness (QED) is 0.758. The Kier molecular flexibility index (Phi) is 5.42. The average Bonchev–Trinajstić information content (AvgIpc) is 2.35. The summed E-state index contributed by atoms with van der Waals surface area (Å²) in [6.45, 7) is 0.737. The van der Waals surface area contributed by atoms with Crippen LogP contribution in [-0.4, -0.2) is 32.5 Å². The highest BCUT2D eigenvalue weighted by Crippen LogP contribution is 2.19. The van der Waals surface area contributed by atoms with Crippen molar-refractivity contribution in [2.24, 2.45) is 5.73 Å². The Morgan fingerprint density at radius 3 is 2.19 bits per heavy atom. The lowest BCUT2D eigenvalue weighted by Crippen LogP contribution is -2.12. The molecule has 1 aromatic rings. The molecule has 0 saturated carbocycles. The molecule has 0 heterocycles. The standard InChI is InChI=1S/C12H19NO3/c1-15-8-12(16-2)10-5-3-9(4-6-10)11(14)7-13/h3-6,11-12,14H,7-8,13H2,1-2H3. The zero-order chi connectivity index (χ0) is 12.0. The van der Waals surface area contributed by atoms with E-state index in [9.17, 15) is 5.11 Å². The van der Waals surface area contributed by atoms with Gasteiger partial charge in [-0.1, -0.05) is 24.3 Å². The van der Waals surface area contributed by atoms with Crippen LogP contribution in [0.3, 0.4) is 0 Å². The van der Waals surface area contributed by atoms with E-state index in [0.717, 1.165) is 11.1 Å². The second-order valence-corrected chi connectivity index (χ2v) is 3.60. The van der Waals surface area contributed by atoms with Crippen LogP contribution in [-0.2, 0) is 9.47 Å². The van der Waals surface area contributed by atoms with Crippen LogP contribution in [0.1, 0.15) is 23.3 Å². The van der Waals surface area contributed by atoms with Gasteiger partial charge in [0.15, 0.2) is 0 Å². The predicted molar refractivity (Wildman–Crippen MR) is 62.1 cm³/mol. The molecule has 0 aliphatic rings. The van der Waals surface area contributed by atoms with Gasteiger partial charge in [-0.25, -0.2) is 0 Å². The first-order valence-corrected chi connectivity index (χ1v) is 5.22. The summed E-state index contributed by atoms with van der Waals surface area (Å²) in [7, 11) is 3.28. The Hall–Kier alpha value is -0.940. The van der Waals surface area contributed by atoms with E-state index >= 15 is 0 Å². The van der Waals surface area contributed by atoms with Crippen LogP contribution in [0.2, 0.25) is 0 Å². The summed E-state index contributed by atoms with van der Waals surface area (Å²) in [6.07, 6.45) is -0.675. The summed E-state index contributed by atoms with van der Waals surface area (Å²) in [5, 5.41) is 9.54. The molecule has 16 heavy (non-hydrogen) atoms. The first-order valence-electron chi connectivity index (χ1n) is 5.22. The molecular weight excluding hydrogens is 206 g/mol. The zero-order valence-corrected chi connectivity index (χ0v) is 9.72. The van der Waals surface area contributed by atoms with Crippen LogP contribution in [0.25, 0.3) is 0 Å². The van der Waals surface area contributed by atoms with Gasteiger partial charge in [-0.05, 0) is 11.1 Å². The number of hydrogen-bond acceptors (Lipinski definition) is 4. The smallest absolute Gasteiger partial charge is 0.105 e. The number of aliphatic hydroxyl groups excluding tert-OH is 1. The van der Waals surface area contributed by atoms with E-state index in [1.807, 2.05) is 24.3 Å². The molecule has 0 amide bonds. The summed E-state index contributed by atoms with van der Waals surface area (Å²) in [4.78, 5) is 0. The molecule has 4 nitrogen and oxygen atoms in total. The molecule has 1 aromatic carbocycles. The van der Waals surface area contributed by atoms with Crippen molar-refractivity contribution in [3.05, 3.63) is 35.4 Å². The average molecular weight is 225 g/mol. The third-order valence-electron chi connectivity index (χ3n) is 2.52. The monoisotopic (exact) mass is 225 g/mol. The fourth-order valence-electron chi connectivity index (χ4n) is 1.52. The van der Waals surface area contributed by atoms with Crippen molar-refractivity contribution in [1.82, 2.24) is 0 Å². The predicted octanol–water partition coefficient (Wildman–Crippen LogP) is 1.01. The molecule has 0 aromatic heterocycles. The molecule has 0 bridgehead atoms. The van der Waals surface area contributed by atoms with Crippen LogP contribution in [0.5, 0.6) is 0 Å². The lowest BCUT2D eigenvalue weighted by Gasteiger charge is -2.16. The van der Waals surface area contributed by atoms with Gasteiger partial charge in [0.25, 0.3) is 0 Å². The summed E-state index contributed by atoms with van der Waals surface area (Å²) in [5.41, 5.74) is 7.22. The van der Waals surface area contributed by atoms with Crippen molar-refractivity contribution in [2.75, 3.05) is 27.4 Å². The highest BCUT2D eigenvalue weighted by molar-refractivity contribution is 5.26. The first-order chi connectivity index (χ1) is 7.72. The Morgan fingerprint density at radius 2 is 1.75 bits per heavy atom. The molecule has 1 rings (SSSR count). The van der Waals surface area contributed by atoms with Crippen molar-refractivity contribution in [3.63, 3.8) is 0 Å². The molecule has 0 fully saturated rings. The number of aliphatic hydroxyl groups is 1. The van der Waals surface area contributed by atoms with Gasteiger partial charge in [0.05, 0.1) is 12.7 Å². The Bertz CT molecular complexity index is 300.